The number of halogens is 3. The van der Waals surface area contributed by atoms with Crippen LogP contribution in [0.15, 0.2) is 59.5 Å². The standard InChI is InChI=1S/C20H22F3N3O3S/c21-20(22,23)17-7-4-8-18(13-17)30(28,29)24-14-19(27)26-11-9-25(10-12-26)15-16-5-2-1-3-6-16/h1-8,13,24H,9-12,14-15H2. The van der Waals surface area contributed by atoms with E-state index in [9.17, 15) is 26.4 Å². The van der Waals surface area contributed by atoms with Crippen molar-refractivity contribution in [2.24, 2.45) is 0 Å². The maximum Gasteiger partial charge on any atom is 0.416 e. The van der Waals surface area contributed by atoms with Gasteiger partial charge in [0.05, 0.1) is 17.0 Å². The average Bonchev–Trinajstić information content (AvgIpc) is 2.73. The Morgan fingerprint density at radius 3 is 2.27 bits per heavy atom. The Hall–Kier alpha value is -2.43. The molecular weight excluding hydrogens is 419 g/mol. The Labute approximate surface area is 173 Å². The second-order valence-corrected chi connectivity index (χ2v) is 8.76. The summed E-state index contributed by atoms with van der Waals surface area (Å²) >= 11 is 0. The highest BCUT2D eigenvalue weighted by atomic mass is 32.2. The number of amides is 1. The molecule has 1 N–H and O–H groups in total. The van der Waals surface area contributed by atoms with E-state index < -0.39 is 39.1 Å². The van der Waals surface area contributed by atoms with Gasteiger partial charge in [0.15, 0.2) is 0 Å². The van der Waals surface area contributed by atoms with Gasteiger partial charge in [-0.2, -0.15) is 13.2 Å². The molecule has 0 aromatic heterocycles. The molecule has 1 aliphatic rings. The van der Waals surface area contributed by atoms with Crippen LogP contribution in [-0.4, -0.2) is 56.8 Å². The molecule has 162 valence electrons. The lowest BCUT2D eigenvalue weighted by Crippen LogP contribution is -2.50. The van der Waals surface area contributed by atoms with Crippen molar-refractivity contribution in [2.45, 2.75) is 17.6 Å². The van der Waals surface area contributed by atoms with Gasteiger partial charge in [0, 0.05) is 32.7 Å². The van der Waals surface area contributed by atoms with Crippen LogP contribution in [0.2, 0.25) is 0 Å². The lowest BCUT2D eigenvalue weighted by atomic mass is 10.2. The molecule has 30 heavy (non-hydrogen) atoms. The minimum absolute atomic E-state index is 0.412. The summed E-state index contributed by atoms with van der Waals surface area (Å²) in [5, 5.41) is 0. The van der Waals surface area contributed by atoms with Crippen LogP contribution in [0.3, 0.4) is 0 Å². The van der Waals surface area contributed by atoms with Gasteiger partial charge < -0.3 is 4.90 Å². The molecule has 1 aliphatic heterocycles. The number of piperazine rings is 1. The first-order chi connectivity index (χ1) is 14.1. The van der Waals surface area contributed by atoms with E-state index in [1.807, 2.05) is 30.3 Å². The quantitative estimate of drug-likeness (QED) is 0.747. The molecule has 10 heteroatoms. The maximum absolute atomic E-state index is 12.8. The molecule has 1 saturated heterocycles. The number of carbonyl (C=O) groups is 1. The first kappa shape index (κ1) is 22.3. The molecule has 2 aromatic carbocycles. The van der Waals surface area contributed by atoms with Crippen molar-refractivity contribution in [3.8, 4) is 0 Å². The van der Waals surface area contributed by atoms with Crippen molar-refractivity contribution in [1.82, 2.24) is 14.5 Å². The van der Waals surface area contributed by atoms with Crippen LogP contribution in [0, 0.1) is 0 Å². The van der Waals surface area contributed by atoms with Crippen molar-refractivity contribution < 1.29 is 26.4 Å². The number of alkyl halides is 3. The average molecular weight is 441 g/mol. The second kappa shape index (κ2) is 9.15. The summed E-state index contributed by atoms with van der Waals surface area (Å²) in [6, 6.07) is 13.3. The van der Waals surface area contributed by atoms with Crippen LogP contribution < -0.4 is 4.72 Å². The van der Waals surface area contributed by atoms with Crippen LogP contribution in [0.5, 0.6) is 0 Å². The van der Waals surface area contributed by atoms with E-state index in [4.69, 9.17) is 0 Å². The second-order valence-electron chi connectivity index (χ2n) is 6.99. The summed E-state index contributed by atoms with van der Waals surface area (Å²) in [6.45, 7) is 2.48. The number of carbonyl (C=O) groups excluding carboxylic acids is 1. The van der Waals surface area contributed by atoms with E-state index >= 15 is 0 Å². The summed E-state index contributed by atoms with van der Waals surface area (Å²) in [5.41, 5.74) is 0.109. The van der Waals surface area contributed by atoms with E-state index in [1.54, 1.807) is 4.90 Å². The zero-order valence-electron chi connectivity index (χ0n) is 16.1. The molecule has 0 unspecified atom stereocenters. The normalized spacial score (nSPS) is 15.9. The maximum atomic E-state index is 12.8. The van der Waals surface area contributed by atoms with Gasteiger partial charge in [0.25, 0.3) is 0 Å². The molecule has 0 bridgehead atoms. The molecule has 1 fully saturated rings. The number of sulfonamides is 1. The van der Waals surface area contributed by atoms with Gasteiger partial charge in [-0.3, -0.25) is 9.69 Å². The smallest absolute Gasteiger partial charge is 0.339 e. The molecule has 3 rings (SSSR count). The molecule has 2 aromatic rings. The Balaban J connectivity index is 1.52. The highest BCUT2D eigenvalue weighted by molar-refractivity contribution is 7.89. The topological polar surface area (TPSA) is 69.7 Å². The van der Waals surface area contributed by atoms with Gasteiger partial charge in [0.1, 0.15) is 0 Å². The third kappa shape index (κ3) is 5.80. The van der Waals surface area contributed by atoms with E-state index in [1.165, 1.54) is 5.56 Å². The lowest BCUT2D eigenvalue weighted by molar-refractivity contribution is -0.137. The summed E-state index contributed by atoms with van der Waals surface area (Å²) in [5.74, 6) is -0.412. The molecular formula is C20H22F3N3O3S. The van der Waals surface area contributed by atoms with Crippen LogP contribution >= 0.6 is 0 Å². The predicted molar refractivity (Wildman–Crippen MR) is 105 cm³/mol. The minimum Gasteiger partial charge on any atom is -0.339 e. The summed E-state index contributed by atoms with van der Waals surface area (Å²) in [7, 11) is -4.24. The van der Waals surface area contributed by atoms with E-state index in [2.05, 4.69) is 9.62 Å². The minimum atomic E-state index is -4.65. The van der Waals surface area contributed by atoms with Gasteiger partial charge in [-0.05, 0) is 23.8 Å². The Morgan fingerprint density at radius 1 is 0.967 bits per heavy atom. The molecule has 0 spiro atoms. The van der Waals surface area contributed by atoms with E-state index in [0.29, 0.717) is 32.2 Å². The van der Waals surface area contributed by atoms with Crippen LogP contribution in [-0.2, 0) is 27.5 Å². The Kier molecular flexibility index (Phi) is 6.79. The monoisotopic (exact) mass is 441 g/mol. The third-order valence-corrected chi connectivity index (χ3v) is 6.26. The number of hydrogen-bond acceptors (Lipinski definition) is 4. The molecule has 1 amide bonds. The van der Waals surface area contributed by atoms with Gasteiger partial charge in [0.2, 0.25) is 15.9 Å². The SMILES string of the molecule is O=C(CNS(=O)(=O)c1cccc(C(F)(F)F)c1)N1CCN(Cc2ccccc2)CC1. The molecule has 0 radical (unpaired) electrons. The van der Waals surface area contributed by atoms with Gasteiger partial charge >= 0.3 is 6.18 Å². The van der Waals surface area contributed by atoms with E-state index in [0.717, 1.165) is 24.7 Å². The first-order valence-corrected chi connectivity index (χ1v) is 10.8. The third-order valence-electron chi connectivity index (χ3n) is 4.86. The zero-order chi connectivity index (χ0) is 21.8. The van der Waals surface area contributed by atoms with Crippen molar-refractivity contribution >= 4 is 15.9 Å². The highest BCUT2D eigenvalue weighted by Gasteiger charge is 2.32. The zero-order valence-corrected chi connectivity index (χ0v) is 16.9. The highest BCUT2D eigenvalue weighted by Crippen LogP contribution is 2.30. The molecule has 6 nitrogen and oxygen atoms in total. The van der Waals surface area contributed by atoms with Crippen molar-refractivity contribution in [2.75, 3.05) is 32.7 Å². The number of benzene rings is 2. The van der Waals surface area contributed by atoms with Crippen LogP contribution in [0.4, 0.5) is 13.2 Å². The van der Waals surface area contributed by atoms with Gasteiger partial charge in [-0.25, -0.2) is 13.1 Å². The number of nitrogens with one attached hydrogen (secondary N) is 1. The number of hydrogen-bond donors (Lipinski definition) is 1. The Morgan fingerprint density at radius 2 is 1.63 bits per heavy atom. The van der Waals surface area contributed by atoms with Gasteiger partial charge in [-0.15, -0.1) is 0 Å². The van der Waals surface area contributed by atoms with Crippen molar-refractivity contribution in [3.63, 3.8) is 0 Å². The molecule has 1 heterocycles. The molecule has 0 atom stereocenters. The fourth-order valence-electron chi connectivity index (χ4n) is 3.19. The fraction of sp³-hybridized carbons (Fsp3) is 0.350. The molecule has 0 aliphatic carbocycles. The first-order valence-electron chi connectivity index (χ1n) is 9.36. The van der Waals surface area contributed by atoms with Crippen molar-refractivity contribution in [3.05, 3.63) is 65.7 Å². The van der Waals surface area contributed by atoms with Crippen LogP contribution in [0.25, 0.3) is 0 Å². The van der Waals surface area contributed by atoms with E-state index in [-0.39, 0.29) is 0 Å². The largest absolute Gasteiger partial charge is 0.416 e. The Bertz CT molecular complexity index is 974. The fourth-order valence-corrected chi connectivity index (χ4v) is 4.21. The predicted octanol–water partition coefficient (Wildman–Crippen LogP) is 2.33. The van der Waals surface area contributed by atoms with Gasteiger partial charge in [-0.1, -0.05) is 36.4 Å². The summed E-state index contributed by atoms with van der Waals surface area (Å²) < 4.78 is 65.1. The number of rotatable bonds is 6. The van der Waals surface area contributed by atoms with Crippen molar-refractivity contribution in [1.29, 1.82) is 0 Å². The molecule has 0 saturated carbocycles. The number of nitrogens with zero attached hydrogens (tertiary/aromatic N) is 2. The van der Waals surface area contributed by atoms with Crippen LogP contribution in [0.1, 0.15) is 11.1 Å². The summed E-state index contributed by atoms with van der Waals surface area (Å²) in [6.07, 6.45) is -4.65. The summed E-state index contributed by atoms with van der Waals surface area (Å²) in [4.78, 5) is 15.6. The lowest BCUT2D eigenvalue weighted by Gasteiger charge is -2.34.